The standard InChI is InChI=1S/C19H20N2O4/c1-2-24-17-11-8-15(9-12-17)10-13-18(22)20-21-19(23)14-25-16-6-4-3-5-7-16/h3-13H,2,14H2,1H3,(H,20,22)(H,21,23)/b13-10+. The quantitative estimate of drug-likeness (QED) is 0.599. The maximum Gasteiger partial charge on any atom is 0.276 e. The Kier molecular flexibility index (Phi) is 7.06. The molecule has 0 spiro atoms. The van der Waals surface area contributed by atoms with Gasteiger partial charge in [0.2, 0.25) is 0 Å². The summed E-state index contributed by atoms with van der Waals surface area (Å²) in [4.78, 5) is 23.3. The summed E-state index contributed by atoms with van der Waals surface area (Å²) in [7, 11) is 0. The van der Waals surface area contributed by atoms with Gasteiger partial charge >= 0.3 is 0 Å². The van der Waals surface area contributed by atoms with E-state index in [0.717, 1.165) is 11.3 Å². The number of carbonyl (C=O) groups is 2. The molecular weight excluding hydrogens is 320 g/mol. The van der Waals surface area contributed by atoms with Crippen molar-refractivity contribution in [3.63, 3.8) is 0 Å². The minimum atomic E-state index is -0.452. The third-order valence-corrected chi connectivity index (χ3v) is 3.06. The Morgan fingerprint density at radius 3 is 2.28 bits per heavy atom. The van der Waals surface area contributed by atoms with E-state index in [-0.39, 0.29) is 6.61 Å². The number of ether oxygens (including phenoxy) is 2. The van der Waals surface area contributed by atoms with Crippen LogP contribution in [0.25, 0.3) is 6.08 Å². The molecule has 2 aromatic rings. The Bertz CT molecular complexity index is 712. The average molecular weight is 340 g/mol. The van der Waals surface area contributed by atoms with Gasteiger partial charge in [0.1, 0.15) is 11.5 Å². The molecule has 0 bridgehead atoms. The third-order valence-electron chi connectivity index (χ3n) is 3.06. The van der Waals surface area contributed by atoms with Crippen molar-refractivity contribution >= 4 is 17.9 Å². The van der Waals surface area contributed by atoms with Gasteiger partial charge in [-0.1, -0.05) is 30.3 Å². The van der Waals surface area contributed by atoms with Gasteiger partial charge in [-0.2, -0.15) is 0 Å². The van der Waals surface area contributed by atoms with Crippen LogP contribution in [0.3, 0.4) is 0 Å². The van der Waals surface area contributed by atoms with Crippen LogP contribution in [0.2, 0.25) is 0 Å². The summed E-state index contributed by atoms with van der Waals surface area (Å²) in [6, 6.07) is 16.3. The highest BCUT2D eigenvalue weighted by Crippen LogP contribution is 2.12. The second-order valence-electron chi connectivity index (χ2n) is 4.97. The number of hydrogen-bond donors (Lipinski definition) is 2. The van der Waals surface area contributed by atoms with Gasteiger partial charge in [0.25, 0.3) is 11.8 Å². The fraction of sp³-hybridized carbons (Fsp3) is 0.158. The first-order chi connectivity index (χ1) is 12.2. The molecule has 6 heteroatoms. The molecule has 0 aliphatic rings. The van der Waals surface area contributed by atoms with E-state index >= 15 is 0 Å². The van der Waals surface area contributed by atoms with Crippen molar-refractivity contribution in [1.29, 1.82) is 0 Å². The highest BCUT2D eigenvalue weighted by atomic mass is 16.5. The molecule has 6 nitrogen and oxygen atoms in total. The van der Waals surface area contributed by atoms with E-state index in [1.807, 2.05) is 37.3 Å². The lowest BCUT2D eigenvalue weighted by Gasteiger charge is -2.07. The van der Waals surface area contributed by atoms with Crippen molar-refractivity contribution in [2.45, 2.75) is 6.92 Å². The zero-order chi connectivity index (χ0) is 17.9. The monoisotopic (exact) mass is 340 g/mol. The Labute approximate surface area is 146 Å². The molecule has 0 aromatic heterocycles. The number of carbonyl (C=O) groups excluding carboxylic acids is 2. The summed E-state index contributed by atoms with van der Waals surface area (Å²) in [6.45, 7) is 2.33. The molecule has 0 saturated heterocycles. The van der Waals surface area contributed by atoms with Gasteiger partial charge in [-0.25, -0.2) is 0 Å². The van der Waals surface area contributed by atoms with Gasteiger partial charge in [0.05, 0.1) is 6.61 Å². The van der Waals surface area contributed by atoms with Crippen LogP contribution < -0.4 is 20.3 Å². The van der Waals surface area contributed by atoms with Crippen LogP contribution in [0.4, 0.5) is 0 Å². The first kappa shape index (κ1) is 18.1. The Balaban J connectivity index is 1.71. The first-order valence-electron chi connectivity index (χ1n) is 7.85. The summed E-state index contributed by atoms with van der Waals surface area (Å²) in [6.07, 6.45) is 2.96. The van der Waals surface area contributed by atoms with E-state index in [4.69, 9.17) is 9.47 Å². The summed E-state index contributed by atoms with van der Waals surface area (Å²) in [5.41, 5.74) is 5.42. The molecule has 2 aromatic carbocycles. The molecule has 0 radical (unpaired) electrons. The summed E-state index contributed by atoms with van der Waals surface area (Å²) in [5, 5.41) is 0. The lowest BCUT2D eigenvalue weighted by Crippen LogP contribution is -2.43. The number of hydrazine groups is 1. The maximum atomic E-state index is 11.7. The zero-order valence-corrected chi connectivity index (χ0v) is 13.9. The van der Waals surface area contributed by atoms with E-state index in [2.05, 4.69) is 10.9 Å². The van der Waals surface area contributed by atoms with Gasteiger partial charge in [-0.05, 0) is 42.8 Å². The minimum Gasteiger partial charge on any atom is -0.494 e. The second kappa shape index (κ2) is 9.77. The Morgan fingerprint density at radius 2 is 1.60 bits per heavy atom. The molecule has 0 heterocycles. The molecule has 0 aliphatic carbocycles. The van der Waals surface area contributed by atoms with Crippen molar-refractivity contribution in [2.24, 2.45) is 0 Å². The molecule has 2 rings (SSSR count). The van der Waals surface area contributed by atoms with E-state index in [1.165, 1.54) is 6.08 Å². The van der Waals surface area contributed by atoms with Gasteiger partial charge in [0, 0.05) is 6.08 Å². The second-order valence-corrected chi connectivity index (χ2v) is 4.97. The number of amides is 2. The van der Waals surface area contributed by atoms with E-state index in [0.29, 0.717) is 12.4 Å². The topological polar surface area (TPSA) is 76.7 Å². The van der Waals surface area contributed by atoms with Crippen LogP contribution in [0.5, 0.6) is 11.5 Å². The van der Waals surface area contributed by atoms with Crippen molar-refractivity contribution in [3.05, 3.63) is 66.2 Å². The normalized spacial score (nSPS) is 10.3. The Hall–Kier alpha value is -3.28. The fourth-order valence-corrected chi connectivity index (χ4v) is 1.89. The van der Waals surface area contributed by atoms with Crippen LogP contribution in [-0.4, -0.2) is 25.0 Å². The zero-order valence-electron chi connectivity index (χ0n) is 13.9. The van der Waals surface area contributed by atoms with Gasteiger partial charge in [-0.3, -0.25) is 20.4 Å². The molecule has 0 fully saturated rings. The molecule has 25 heavy (non-hydrogen) atoms. The number of rotatable bonds is 7. The molecule has 2 amide bonds. The number of para-hydroxylation sites is 1. The highest BCUT2D eigenvalue weighted by Gasteiger charge is 2.03. The highest BCUT2D eigenvalue weighted by molar-refractivity contribution is 5.93. The van der Waals surface area contributed by atoms with Crippen molar-refractivity contribution in [3.8, 4) is 11.5 Å². The molecule has 0 atom stereocenters. The maximum absolute atomic E-state index is 11.7. The van der Waals surface area contributed by atoms with Gasteiger partial charge < -0.3 is 9.47 Å². The molecular formula is C19H20N2O4. The minimum absolute atomic E-state index is 0.188. The lowest BCUT2D eigenvalue weighted by molar-refractivity contribution is -0.128. The van der Waals surface area contributed by atoms with Crippen LogP contribution in [-0.2, 0) is 9.59 Å². The molecule has 0 unspecified atom stereocenters. The number of nitrogens with one attached hydrogen (secondary N) is 2. The predicted octanol–water partition coefficient (Wildman–Crippen LogP) is 2.32. The van der Waals surface area contributed by atoms with Gasteiger partial charge in [0.15, 0.2) is 6.61 Å². The van der Waals surface area contributed by atoms with E-state index in [9.17, 15) is 9.59 Å². The summed E-state index contributed by atoms with van der Waals surface area (Å²) >= 11 is 0. The van der Waals surface area contributed by atoms with Gasteiger partial charge in [-0.15, -0.1) is 0 Å². The number of benzene rings is 2. The first-order valence-corrected chi connectivity index (χ1v) is 7.85. The molecule has 0 aliphatic heterocycles. The SMILES string of the molecule is CCOc1ccc(/C=C/C(=O)NNC(=O)COc2ccccc2)cc1. The summed E-state index contributed by atoms with van der Waals surface area (Å²) in [5.74, 6) is 0.461. The lowest BCUT2D eigenvalue weighted by atomic mass is 10.2. The van der Waals surface area contributed by atoms with Crippen LogP contribution >= 0.6 is 0 Å². The van der Waals surface area contributed by atoms with Crippen LogP contribution in [0.15, 0.2) is 60.7 Å². The molecule has 0 saturated carbocycles. The van der Waals surface area contributed by atoms with Crippen molar-refractivity contribution < 1.29 is 19.1 Å². The predicted molar refractivity (Wildman–Crippen MR) is 94.9 cm³/mol. The fourth-order valence-electron chi connectivity index (χ4n) is 1.89. The van der Waals surface area contributed by atoms with Crippen LogP contribution in [0, 0.1) is 0 Å². The largest absolute Gasteiger partial charge is 0.494 e. The summed E-state index contributed by atoms with van der Waals surface area (Å²) < 4.78 is 10.6. The van der Waals surface area contributed by atoms with Crippen molar-refractivity contribution in [1.82, 2.24) is 10.9 Å². The molecule has 2 N–H and O–H groups in total. The van der Waals surface area contributed by atoms with E-state index in [1.54, 1.807) is 30.3 Å². The number of hydrogen-bond acceptors (Lipinski definition) is 4. The van der Waals surface area contributed by atoms with Crippen molar-refractivity contribution in [2.75, 3.05) is 13.2 Å². The molecule has 130 valence electrons. The smallest absolute Gasteiger partial charge is 0.276 e. The average Bonchev–Trinajstić information content (AvgIpc) is 2.65. The van der Waals surface area contributed by atoms with E-state index < -0.39 is 11.8 Å². The third kappa shape index (κ3) is 6.78. The van der Waals surface area contributed by atoms with Crippen LogP contribution in [0.1, 0.15) is 12.5 Å². The Morgan fingerprint density at radius 1 is 0.920 bits per heavy atom.